The SMILES string of the molecule is CCc1ccc(C2(OC(=O)OC3(c4ccc(CC)cc4)CC3)CC2)cc1. The molecular formula is C23H26O3. The van der Waals surface area contributed by atoms with Gasteiger partial charge in [-0.05, 0) is 60.8 Å². The van der Waals surface area contributed by atoms with Gasteiger partial charge in [0, 0.05) is 0 Å². The largest absolute Gasteiger partial charge is 0.510 e. The number of hydrogen-bond donors (Lipinski definition) is 0. The molecule has 3 nitrogen and oxygen atoms in total. The first-order valence-electron chi connectivity index (χ1n) is 9.70. The summed E-state index contributed by atoms with van der Waals surface area (Å²) in [6, 6.07) is 16.8. The van der Waals surface area contributed by atoms with Crippen molar-refractivity contribution in [1.29, 1.82) is 0 Å². The third-order valence-electron chi connectivity index (χ3n) is 5.74. The number of rotatable bonds is 6. The van der Waals surface area contributed by atoms with Crippen LogP contribution in [0.15, 0.2) is 48.5 Å². The molecule has 0 aromatic heterocycles. The summed E-state index contributed by atoms with van der Waals surface area (Å²) in [5.41, 5.74) is 3.77. The first kappa shape index (κ1) is 17.1. The van der Waals surface area contributed by atoms with E-state index in [9.17, 15) is 4.79 Å². The molecule has 3 heteroatoms. The molecule has 2 aromatic rings. The maximum atomic E-state index is 12.5. The van der Waals surface area contributed by atoms with E-state index in [0.29, 0.717) is 0 Å². The zero-order valence-corrected chi connectivity index (χ0v) is 15.6. The van der Waals surface area contributed by atoms with Crippen LogP contribution >= 0.6 is 0 Å². The predicted octanol–water partition coefficient (Wildman–Crippen LogP) is 5.64. The summed E-state index contributed by atoms with van der Waals surface area (Å²) in [6.45, 7) is 4.27. The van der Waals surface area contributed by atoms with Crippen molar-refractivity contribution in [2.45, 2.75) is 63.6 Å². The van der Waals surface area contributed by atoms with Gasteiger partial charge in [-0.2, -0.15) is 0 Å². The lowest BCUT2D eigenvalue weighted by Crippen LogP contribution is -2.24. The van der Waals surface area contributed by atoms with Crippen LogP contribution in [0, 0.1) is 0 Å². The first-order chi connectivity index (χ1) is 12.6. The van der Waals surface area contributed by atoms with Gasteiger partial charge in [0.05, 0.1) is 0 Å². The minimum Gasteiger partial charge on any atom is -0.423 e. The molecule has 136 valence electrons. The molecule has 0 unspecified atom stereocenters. The van der Waals surface area contributed by atoms with Crippen LogP contribution in [-0.2, 0) is 33.5 Å². The third-order valence-corrected chi connectivity index (χ3v) is 5.74. The van der Waals surface area contributed by atoms with Gasteiger partial charge in [-0.1, -0.05) is 62.4 Å². The fourth-order valence-electron chi connectivity index (χ4n) is 3.55. The molecule has 0 heterocycles. The average molecular weight is 350 g/mol. The number of carbonyl (C=O) groups is 1. The standard InChI is InChI=1S/C23H26O3/c1-3-17-5-9-19(10-6-17)22(13-14-22)25-21(24)26-23(15-16-23)20-11-7-18(4-2)8-12-20/h5-12H,3-4,13-16H2,1-2H3. The van der Waals surface area contributed by atoms with Crippen molar-refractivity contribution >= 4 is 6.16 Å². The van der Waals surface area contributed by atoms with Crippen LogP contribution in [0.1, 0.15) is 61.8 Å². The molecular weight excluding hydrogens is 324 g/mol. The van der Waals surface area contributed by atoms with E-state index in [4.69, 9.17) is 9.47 Å². The van der Waals surface area contributed by atoms with Gasteiger partial charge in [0.1, 0.15) is 11.2 Å². The van der Waals surface area contributed by atoms with Crippen molar-refractivity contribution in [2.24, 2.45) is 0 Å². The summed E-state index contributed by atoms with van der Waals surface area (Å²) < 4.78 is 11.6. The van der Waals surface area contributed by atoms with E-state index in [1.165, 1.54) is 11.1 Å². The lowest BCUT2D eigenvalue weighted by Gasteiger charge is -2.21. The van der Waals surface area contributed by atoms with Gasteiger partial charge < -0.3 is 9.47 Å². The fourth-order valence-corrected chi connectivity index (χ4v) is 3.55. The molecule has 0 bridgehead atoms. The molecule has 0 amide bonds. The Labute approximate surface area is 155 Å². The molecule has 26 heavy (non-hydrogen) atoms. The van der Waals surface area contributed by atoms with E-state index >= 15 is 0 Å². The van der Waals surface area contributed by atoms with Crippen LogP contribution in [0.5, 0.6) is 0 Å². The van der Waals surface area contributed by atoms with Gasteiger partial charge in [-0.3, -0.25) is 0 Å². The van der Waals surface area contributed by atoms with Gasteiger partial charge in [-0.25, -0.2) is 4.79 Å². The van der Waals surface area contributed by atoms with Crippen molar-refractivity contribution in [3.63, 3.8) is 0 Å². The minimum atomic E-state index is -0.542. The molecule has 2 fully saturated rings. The first-order valence-corrected chi connectivity index (χ1v) is 9.70. The fraction of sp³-hybridized carbons (Fsp3) is 0.435. The van der Waals surface area contributed by atoms with Gasteiger partial charge >= 0.3 is 6.16 Å². The van der Waals surface area contributed by atoms with Crippen molar-refractivity contribution in [1.82, 2.24) is 0 Å². The molecule has 2 saturated carbocycles. The predicted molar refractivity (Wildman–Crippen MR) is 101 cm³/mol. The second-order valence-electron chi connectivity index (χ2n) is 7.54. The van der Waals surface area contributed by atoms with Crippen LogP contribution in [0.4, 0.5) is 4.79 Å². The maximum Gasteiger partial charge on any atom is 0.510 e. The molecule has 2 aliphatic carbocycles. The molecule has 2 aromatic carbocycles. The zero-order chi connectivity index (χ0) is 18.2. The molecule has 0 aliphatic heterocycles. The lowest BCUT2D eigenvalue weighted by atomic mass is 10.0. The summed E-state index contributed by atoms with van der Waals surface area (Å²) >= 11 is 0. The van der Waals surface area contributed by atoms with Gasteiger partial charge in [0.25, 0.3) is 0 Å². The van der Waals surface area contributed by atoms with E-state index in [1.807, 2.05) is 0 Å². The van der Waals surface area contributed by atoms with Crippen LogP contribution in [0.3, 0.4) is 0 Å². The highest BCUT2D eigenvalue weighted by Gasteiger charge is 2.53. The zero-order valence-electron chi connectivity index (χ0n) is 15.6. The molecule has 2 aliphatic rings. The Hall–Kier alpha value is -2.29. The Bertz CT molecular complexity index is 714. The molecule has 0 spiro atoms. The topological polar surface area (TPSA) is 35.5 Å². The Balaban J connectivity index is 1.43. The van der Waals surface area contributed by atoms with E-state index in [2.05, 4.69) is 62.4 Å². The molecule has 0 saturated heterocycles. The summed E-state index contributed by atoms with van der Waals surface area (Å²) in [6.07, 6.45) is 4.94. The number of hydrogen-bond acceptors (Lipinski definition) is 3. The number of benzene rings is 2. The quantitative estimate of drug-likeness (QED) is 0.632. The summed E-state index contributed by atoms with van der Waals surface area (Å²) in [5.74, 6) is 0. The van der Waals surface area contributed by atoms with E-state index in [0.717, 1.165) is 49.7 Å². The van der Waals surface area contributed by atoms with Gasteiger partial charge in [-0.15, -0.1) is 0 Å². The lowest BCUT2D eigenvalue weighted by molar-refractivity contribution is -0.0217. The second-order valence-corrected chi connectivity index (χ2v) is 7.54. The maximum absolute atomic E-state index is 12.5. The minimum absolute atomic E-state index is 0.481. The Kier molecular flexibility index (Phi) is 4.26. The highest BCUT2D eigenvalue weighted by molar-refractivity contribution is 5.63. The summed E-state index contributed by atoms with van der Waals surface area (Å²) in [7, 11) is 0. The summed E-state index contributed by atoms with van der Waals surface area (Å²) in [5, 5.41) is 0. The Morgan fingerprint density at radius 3 is 1.35 bits per heavy atom. The van der Waals surface area contributed by atoms with Crippen molar-refractivity contribution in [3.8, 4) is 0 Å². The van der Waals surface area contributed by atoms with Crippen molar-refractivity contribution in [2.75, 3.05) is 0 Å². The number of ether oxygens (including phenoxy) is 2. The van der Waals surface area contributed by atoms with Crippen molar-refractivity contribution in [3.05, 3.63) is 70.8 Å². The highest BCUT2D eigenvalue weighted by Crippen LogP contribution is 2.52. The molecule has 0 atom stereocenters. The van der Waals surface area contributed by atoms with E-state index < -0.39 is 17.4 Å². The highest BCUT2D eigenvalue weighted by atomic mass is 16.7. The Morgan fingerprint density at radius 2 is 1.08 bits per heavy atom. The van der Waals surface area contributed by atoms with Gasteiger partial charge in [0.15, 0.2) is 0 Å². The van der Waals surface area contributed by atoms with Gasteiger partial charge in [0.2, 0.25) is 0 Å². The van der Waals surface area contributed by atoms with Crippen LogP contribution in [0.2, 0.25) is 0 Å². The Morgan fingerprint density at radius 1 is 0.731 bits per heavy atom. The summed E-state index contributed by atoms with van der Waals surface area (Å²) in [4.78, 5) is 12.5. The molecule has 0 radical (unpaired) electrons. The number of aryl methyl sites for hydroxylation is 2. The van der Waals surface area contributed by atoms with Crippen LogP contribution in [0.25, 0.3) is 0 Å². The van der Waals surface area contributed by atoms with Crippen LogP contribution in [-0.4, -0.2) is 6.16 Å². The molecule has 0 N–H and O–H groups in total. The van der Waals surface area contributed by atoms with Crippen molar-refractivity contribution < 1.29 is 14.3 Å². The number of carbonyl (C=O) groups excluding carboxylic acids is 1. The van der Waals surface area contributed by atoms with E-state index in [1.54, 1.807) is 0 Å². The normalized spacial score (nSPS) is 18.8. The monoisotopic (exact) mass is 350 g/mol. The second kappa shape index (κ2) is 6.46. The molecule has 4 rings (SSSR count). The van der Waals surface area contributed by atoms with Crippen LogP contribution < -0.4 is 0 Å². The van der Waals surface area contributed by atoms with E-state index in [-0.39, 0.29) is 0 Å². The smallest absolute Gasteiger partial charge is 0.423 e. The average Bonchev–Trinajstić information content (AvgIpc) is 3.60. The third kappa shape index (κ3) is 3.23.